The molecule has 3 aromatic carbocycles. The molecule has 0 unspecified atom stereocenters. The normalized spacial score (nSPS) is 10.8. The van der Waals surface area contributed by atoms with Gasteiger partial charge in [0.1, 0.15) is 12.4 Å². The van der Waals surface area contributed by atoms with E-state index in [0.717, 1.165) is 28.1 Å². The number of carbonyl (C=O) groups excluding carboxylic acids is 1. The van der Waals surface area contributed by atoms with Gasteiger partial charge in [0.2, 0.25) is 5.78 Å². The average Bonchev–Trinajstić information content (AvgIpc) is 3.06. The molecule has 0 spiro atoms. The summed E-state index contributed by atoms with van der Waals surface area (Å²) in [7, 11) is 1.95. The summed E-state index contributed by atoms with van der Waals surface area (Å²) < 4.78 is 7.95. The Morgan fingerprint density at radius 3 is 2.35 bits per heavy atom. The van der Waals surface area contributed by atoms with Crippen molar-refractivity contribution in [2.24, 2.45) is 7.05 Å². The molecule has 0 saturated carbocycles. The second-order valence-electron chi connectivity index (χ2n) is 7.66. The van der Waals surface area contributed by atoms with Crippen molar-refractivity contribution in [3.8, 4) is 5.75 Å². The van der Waals surface area contributed by atoms with Gasteiger partial charge in [0.25, 0.3) is 0 Å². The van der Waals surface area contributed by atoms with Gasteiger partial charge in [-0.25, -0.2) is 0 Å². The molecule has 0 fully saturated rings. The zero-order valence-electron chi connectivity index (χ0n) is 17.6. The first-order chi connectivity index (χ1) is 15.0. The van der Waals surface area contributed by atoms with Gasteiger partial charge in [0.15, 0.2) is 0 Å². The summed E-state index contributed by atoms with van der Waals surface area (Å²) in [5, 5.41) is 0.621. The van der Waals surface area contributed by atoms with Crippen LogP contribution in [0.5, 0.6) is 5.75 Å². The van der Waals surface area contributed by atoms with E-state index in [0.29, 0.717) is 29.3 Å². The monoisotopic (exact) mass is 429 g/mol. The molecule has 4 aromatic rings. The van der Waals surface area contributed by atoms with Crippen molar-refractivity contribution in [2.75, 3.05) is 0 Å². The van der Waals surface area contributed by atoms with E-state index in [9.17, 15) is 4.79 Å². The molecule has 0 aliphatic heterocycles. The lowest BCUT2D eigenvalue weighted by molar-refractivity contribution is 0.103. The standard InChI is InChI=1S/C27H24ClNO2/c1-19-15-24(29(2)26(19)27(30)22-11-13-23(28)14-12-22)16-21-9-6-10-25(17-21)31-18-20-7-4-3-5-8-20/h3-15,17H,16,18H2,1-2H3. The molecule has 1 aromatic heterocycles. The smallest absolute Gasteiger partial charge is 0.209 e. The number of nitrogens with zero attached hydrogens (tertiary/aromatic N) is 1. The van der Waals surface area contributed by atoms with Gasteiger partial charge in [-0.2, -0.15) is 0 Å². The summed E-state index contributed by atoms with van der Waals surface area (Å²) in [6.07, 6.45) is 0.716. The van der Waals surface area contributed by atoms with Crippen LogP contribution >= 0.6 is 11.6 Å². The van der Waals surface area contributed by atoms with Gasteiger partial charge in [-0.1, -0.05) is 54.1 Å². The van der Waals surface area contributed by atoms with E-state index in [1.807, 2.05) is 48.9 Å². The van der Waals surface area contributed by atoms with Crippen LogP contribution in [0.2, 0.25) is 5.02 Å². The third-order valence-corrected chi connectivity index (χ3v) is 5.63. The fourth-order valence-corrected chi connectivity index (χ4v) is 3.88. The summed E-state index contributed by atoms with van der Waals surface area (Å²) in [6.45, 7) is 2.51. The van der Waals surface area contributed by atoms with Crippen molar-refractivity contribution >= 4 is 17.4 Å². The van der Waals surface area contributed by atoms with Gasteiger partial charge < -0.3 is 9.30 Å². The maximum atomic E-state index is 13.1. The lowest BCUT2D eigenvalue weighted by atomic mass is 10.1. The number of aromatic nitrogens is 1. The zero-order chi connectivity index (χ0) is 21.8. The van der Waals surface area contributed by atoms with Gasteiger partial charge in [-0.3, -0.25) is 4.79 Å². The lowest BCUT2D eigenvalue weighted by Crippen LogP contribution is -2.10. The predicted octanol–water partition coefficient (Wildman–Crippen LogP) is 6.39. The molecule has 31 heavy (non-hydrogen) atoms. The molecule has 0 radical (unpaired) electrons. The van der Waals surface area contributed by atoms with Crippen LogP contribution < -0.4 is 4.74 Å². The number of halogens is 1. The molecule has 1 heterocycles. The molecule has 0 amide bonds. The Morgan fingerprint density at radius 2 is 1.61 bits per heavy atom. The fourth-order valence-electron chi connectivity index (χ4n) is 3.76. The summed E-state index contributed by atoms with van der Waals surface area (Å²) in [5.41, 5.74) is 5.65. The Morgan fingerprint density at radius 1 is 0.903 bits per heavy atom. The summed E-state index contributed by atoms with van der Waals surface area (Å²) in [6, 6.07) is 27.3. The lowest BCUT2D eigenvalue weighted by Gasteiger charge is -2.10. The Hall–Kier alpha value is -3.30. The van der Waals surface area contributed by atoms with Crippen molar-refractivity contribution in [3.63, 3.8) is 0 Å². The number of hydrogen-bond acceptors (Lipinski definition) is 2. The molecule has 0 bridgehead atoms. The van der Waals surface area contributed by atoms with E-state index in [2.05, 4.69) is 30.3 Å². The highest BCUT2D eigenvalue weighted by atomic mass is 35.5. The minimum absolute atomic E-state index is 0.00265. The Kier molecular flexibility index (Phi) is 6.24. The third-order valence-electron chi connectivity index (χ3n) is 5.38. The van der Waals surface area contributed by atoms with Crippen LogP contribution in [-0.2, 0) is 20.1 Å². The SMILES string of the molecule is Cc1cc(Cc2cccc(OCc3ccccc3)c2)n(C)c1C(=O)c1ccc(Cl)cc1. The highest BCUT2D eigenvalue weighted by Crippen LogP contribution is 2.23. The predicted molar refractivity (Wildman–Crippen MR) is 125 cm³/mol. The van der Waals surface area contributed by atoms with E-state index in [4.69, 9.17) is 16.3 Å². The molecule has 0 aliphatic rings. The number of hydrogen-bond donors (Lipinski definition) is 0. The number of benzene rings is 3. The number of ketones is 1. The fraction of sp³-hybridized carbons (Fsp3) is 0.148. The molecule has 156 valence electrons. The minimum Gasteiger partial charge on any atom is -0.489 e. The van der Waals surface area contributed by atoms with E-state index in [-0.39, 0.29) is 5.78 Å². The van der Waals surface area contributed by atoms with Gasteiger partial charge in [0, 0.05) is 29.7 Å². The Balaban J connectivity index is 1.51. The molecule has 0 atom stereocenters. The van der Waals surface area contributed by atoms with Crippen LogP contribution in [0.3, 0.4) is 0 Å². The molecule has 3 nitrogen and oxygen atoms in total. The molecule has 4 heteroatoms. The first kappa shape index (κ1) is 21.0. The van der Waals surface area contributed by atoms with Gasteiger partial charge >= 0.3 is 0 Å². The van der Waals surface area contributed by atoms with Crippen LogP contribution in [-0.4, -0.2) is 10.4 Å². The summed E-state index contributed by atoms with van der Waals surface area (Å²) >= 11 is 5.96. The van der Waals surface area contributed by atoms with E-state index < -0.39 is 0 Å². The molecule has 0 saturated heterocycles. The summed E-state index contributed by atoms with van der Waals surface area (Å²) in [4.78, 5) is 13.1. The molecule has 0 N–H and O–H groups in total. The van der Waals surface area contributed by atoms with Crippen LogP contribution in [0.15, 0.2) is 84.9 Å². The number of ether oxygens (including phenoxy) is 1. The van der Waals surface area contributed by atoms with Gasteiger partial charge in [-0.05, 0) is 66.1 Å². The highest BCUT2D eigenvalue weighted by Gasteiger charge is 2.18. The molecule has 0 aliphatic carbocycles. The Labute approximate surface area is 187 Å². The van der Waals surface area contributed by atoms with Crippen molar-refractivity contribution in [2.45, 2.75) is 20.0 Å². The van der Waals surface area contributed by atoms with Crippen molar-refractivity contribution < 1.29 is 9.53 Å². The molecule has 4 rings (SSSR count). The largest absolute Gasteiger partial charge is 0.489 e. The topological polar surface area (TPSA) is 31.2 Å². The Bertz CT molecular complexity index is 1190. The second-order valence-corrected chi connectivity index (χ2v) is 8.10. The van der Waals surface area contributed by atoms with Crippen molar-refractivity contribution in [1.82, 2.24) is 4.57 Å². The number of aryl methyl sites for hydroxylation is 1. The maximum absolute atomic E-state index is 13.1. The number of rotatable bonds is 7. The minimum atomic E-state index is 0.00265. The number of carbonyl (C=O) groups is 1. The summed E-state index contributed by atoms with van der Waals surface area (Å²) in [5.74, 6) is 0.840. The van der Waals surface area contributed by atoms with Crippen LogP contribution in [0.25, 0.3) is 0 Å². The highest BCUT2D eigenvalue weighted by molar-refractivity contribution is 6.30. The van der Waals surface area contributed by atoms with E-state index >= 15 is 0 Å². The van der Waals surface area contributed by atoms with Gasteiger partial charge in [-0.15, -0.1) is 0 Å². The van der Waals surface area contributed by atoms with Crippen LogP contribution in [0.1, 0.15) is 38.4 Å². The van der Waals surface area contributed by atoms with Crippen molar-refractivity contribution in [3.05, 3.63) is 124 Å². The van der Waals surface area contributed by atoms with Crippen LogP contribution in [0.4, 0.5) is 0 Å². The average molecular weight is 430 g/mol. The van der Waals surface area contributed by atoms with E-state index in [1.54, 1.807) is 24.3 Å². The first-order valence-corrected chi connectivity index (χ1v) is 10.6. The molecular formula is C27H24ClNO2. The second kappa shape index (κ2) is 9.23. The third kappa shape index (κ3) is 4.89. The zero-order valence-corrected chi connectivity index (χ0v) is 18.4. The van der Waals surface area contributed by atoms with Crippen molar-refractivity contribution in [1.29, 1.82) is 0 Å². The first-order valence-electron chi connectivity index (χ1n) is 10.2. The van der Waals surface area contributed by atoms with Crippen LogP contribution in [0, 0.1) is 6.92 Å². The molecular weight excluding hydrogens is 406 g/mol. The van der Waals surface area contributed by atoms with Gasteiger partial charge in [0.05, 0.1) is 5.69 Å². The quantitative estimate of drug-likeness (QED) is 0.319. The maximum Gasteiger partial charge on any atom is 0.209 e. The van der Waals surface area contributed by atoms with E-state index in [1.165, 1.54) is 0 Å².